The fraction of sp³-hybridized carbons (Fsp3) is 0.700. The number of carbonyl (C=O) groups is 3. The summed E-state index contributed by atoms with van der Waals surface area (Å²) in [5.41, 5.74) is 0. The molecule has 0 aromatic heterocycles. The first-order valence-corrected chi connectivity index (χ1v) is 5.14. The molecule has 0 aliphatic rings. The number of carboxylic acids is 1. The van der Waals surface area contributed by atoms with Crippen LogP contribution in [0.2, 0.25) is 0 Å². The molecule has 0 saturated heterocycles. The van der Waals surface area contributed by atoms with Crippen molar-refractivity contribution in [2.75, 3.05) is 0 Å². The van der Waals surface area contributed by atoms with Gasteiger partial charge in [-0.15, -0.1) is 0 Å². The molecular weight excluding hydrogens is 212 g/mol. The summed E-state index contributed by atoms with van der Waals surface area (Å²) in [7, 11) is 0. The lowest BCUT2D eigenvalue weighted by Gasteiger charge is -2.15. The van der Waals surface area contributed by atoms with Crippen molar-refractivity contribution in [1.29, 1.82) is 0 Å². The standard InChI is InChI=1S/C10H18N2O4/c1-6(2)11-10(16)7(3)12-8(13)4-5-9(14)15/h6-7H,4-5H2,1-3H3,(H,11,16)(H,12,13)(H,14,15). The second-order valence-corrected chi connectivity index (χ2v) is 3.85. The number of rotatable bonds is 6. The zero-order valence-electron chi connectivity index (χ0n) is 9.74. The van der Waals surface area contributed by atoms with Gasteiger partial charge in [-0.1, -0.05) is 0 Å². The minimum Gasteiger partial charge on any atom is -0.481 e. The number of aliphatic carboxylic acids is 1. The van der Waals surface area contributed by atoms with Crippen LogP contribution in [-0.2, 0) is 14.4 Å². The first kappa shape index (κ1) is 14.4. The molecule has 16 heavy (non-hydrogen) atoms. The van der Waals surface area contributed by atoms with E-state index >= 15 is 0 Å². The monoisotopic (exact) mass is 230 g/mol. The van der Waals surface area contributed by atoms with Crippen molar-refractivity contribution < 1.29 is 19.5 Å². The average molecular weight is 230 g/mol. The molecule has 2 amide bonds. The van der Waals surface area contributed by atoms with Gasteiger partial charge in [0.2, 0.25) is 11.8 Å². The lowest BCUT2D eigenvalue weighted by atomic mass is 10.2. The number of nitrogens with one attached hydrogen (secondary N) is 2. The van der Waals surface area contributed by atoms with Gasteiger partial charge >= 0.3 is 5.97 Å². The van der Waals surface area contributed by atoms with E-state index in [0.29, 0.717) is 0 Å². The van der Waals surface area contributed by atoms with E-state index in [0.717, 1.165) is 0 Å². The summed E-state index contributed by atoms with van der Waals surface area (Å²) in [6.07, 6.45) is -0.348. The Kier molecular flexibility index (Phi) is 6.14. The molecule has 0 aromatic rings. The Morgan fingerprint density at radius 1 is 1.06 bits per heavy atom. The Morgan fingerprint density at radius 3 is 2.06 bits per heavy atom. The molecular formula is C10H18N2O4. The molecule has 1 unspecified atom stereocenters. The zero-order valence-corrected chi connectivity index (χ0v) is 9.74. The van der Waals surface area contributed by atoms with Gasteiger partial charge < -0.3 is 15.7 Å². The highest BCUT2D eigenvalue weighted by atomic mass is 16.4. The number of hydrogen-bond donors (Lipinski definition) is 3. The van der Waals surface area contributed by atoms with E-state index in [4.69, 9.17) is 5.11 Å². The maximum atomic E-state index is 11.4. The summed E-state index contributed by atoms with van der Waals surface area (Å²) in [5.74, 6) is -1.75. The second-order valence-electron chi connectivity index (χ2n) is 3.85. The molecule has 0 spiro atoms. The van der Waals surface area contributed by atoms with Crippen molar-refractivity contribution in [2.24, 2.45) is 0 Å². The molecule has 0 aromatic carbocycles. The average Bonchev–Trinajstić information content (AvgIpc) is 2.13. The first-order chi connectivity index (χ1) is 7.32. The largest absolute Gasteiger partial charge is 0.481 e. The normalized spacial score (nSPS) is 12.0. The van der Waals surface area contributed by atoms with Crippen molar-refractivity contribution >= 4 is 17.8 Å². The van der Waals surface area contributed by atoms with Gasteiger partial charge in [0.05, 0.1) is 6.42 Å². The lowest BCUT2D eigenvalue weighted by Crippen LogP contribution is -2.46. The van der Waals surface area contributed by atoms with Gasteiger partial charge in [0.1, 0.15) is 6.04 Å². The predicted molar refractivity (Wildman–Crippen MR) is 57.8 cm³/mol. The molecule has 3 N–H and O–H groups in total. The van der Waals surface area contributed by atoms with Crippen molar-refractivity contribution in [2.45, 2.75) is 45.7 Å². The van der Waals surface area contributed by atoms with Crippen LogP contribution >= 0.6 is 0 Å². The summed E-state index contributed by atoms with van der Waals surface area (Å²) in [6, 6.07) is -0.644. The Hall–Kier alpha value is -1.59. The van der Waals surface area contributed by atoms with Crippen LogP contribution in [0.15, 0.2) is 0 Å². The highest BCUT2D eigenvalue weighted by molar-refractivity contribution is 5.88. The number of amides is 2. The zero-order chi connectivity index (χ0) is 12.7. The molecule has 92 valence electrons. The molecule has 0 fully saturated rings. The fourth-order valence-corrected chi connectivity index (χ4v) is 1.01. The third kappa shape index (κ3) is 6.80. The van der Waals surface area contributed by atoms with E-state index in [1.54, 1.807) is 6.92 Å². The van der Waals surface area contributed by atoms with Gasteiger partial charge in [0.25, 0.3) is 0 Å². The third-order valence-corrected chi connectivity index (χ3v) is 1.77. The minimum atomic E-state index is -1.03. The summed E-state index contributed by atoms with van der Waals surface area (Å²) in [5, 5.41) is 13.4. The molecule has 0 heterocycles. The quantitative estimate of drug-likeness (QED) is 0.592. The van der Waals surface area contributed by atoms with Crippen LogP contribution in [0, 0.1) is 0 Å². The summed E-state index contributed by atoms with van der Waals surface area (Å²) >= 11 is 0. The predicted octanol–water partition coefficient (Wildman–Crippen LogP) is -0.119. The van der Waals surface area contributed by atoms with Crippen LogP contribution in [0.4, 0.5) is 0 Å². The maximum absolute atomic E-state index is 11.4. The number of carboxylic acid groups (broad SMARTS) is 1. The van der Waals surface area contributed by atoms with Gasteiger partial charge in [-0.25, -0.2) is 0 Å². The van der Waals surface area contributed by atoms with E-state index in [1.165, 1.54) is 0 Å². The van der Waals surface area contributed by atoms with Crippen LogP contribution in [0.5, 0.6) is 0 Å². The van der Waals surface area contributed by atoms with Crippen LogP contribution in [0.1, 0.15) is 33.6 Å². The molecule has 0 saturated carbocycles. The van der Waals surface area contributed by atoms with Crippen LogP contribution in [0.25, 0.3) is 0 Å². The SMILES string of the molecule is CC(C)NC(=O)C(C)NC(=O)CCC(=O)O. The minimum absolute atomic E-state index is 0.00544. The molecule has 0 radical (unpaired) electrons. The van der Waals surface area contributed by atoms with Gasteiger partial charge in [0, 0.05) is 12.5 Å². The molecule has 0 rings (SSSR count). The van der Waals surface area contributed by atoms with Gasteiger partial charge in [0.15, 0.2) is 0 Å². The molecule has 1 atom stereocenters. The van der Waals surface area contributed by atoms with Crippen molar-refractivity contribution in [3.05, 3.63) is 0 Å². The molecule has 6 nitrogen and oxygen atoms in total. The second kappa shape index (κ2) is 6.81. The summed E-state index contributed by atoms with van der Waals surface area (Å²) < 4.78 is 0. The van der Waals surface area contributed by atoms with Gasteiger partial charge in [-0.05, 0) is 20.8 Å². The number of carbonyl (C=O) groups excluding carboxylic acids is 2. The molecule has 0 aliphatic carbocycles. The first-order valence-electron chi connectivity index (χ1n) is 5.14. The Bertz CT molecular complexity index is 276. The van der Waals surface area contributed by atoms with E-state index in [2.05, 4.69) is 10.6 Å². The third-order valence-electron chi connectivity index (χ3n) is 1.77. The lowest BCUT2D eigenvalue weighted by molar-refractivity contribution is -0.139. The smallest absolute Gasteiger partial charge is 0.303 e. The Balaban J connectivity index is 3.94. The van der Waals surface area contributed by atoms with Gasteiger partial charge in [-0.2, -0.15) is 0 Å². The molecule has 0 bridgehead atoms. The maximum Gasteiger partial charge on any atom is 0.303 e. The topological polar surface area (TPSA) is 95.5 Å². The van der Waals surface area contributed by atoms with Crippen LogP contribution in [0.3, 0.4) is 0 Å². The van der Waals surface area contributed by atoms with Crippen molar-refractivity contribution in [3.8, 4) is 0 Å². The summed E-state index contributed by atoms with van der Waals surface area (Å²) in [4.78, 5) is 32.8. The molecule has 6 heteroatoms. The van der Waals surface area contributed by atoms with E-state index < -0.39 is 17.9 Å². The van der Waals surface area contributed by atoms with E-state index in [1.807, 2.05) is 13.8 Å². The van der Waals surface area contributed by atoms with Crippen molar-refractivity contribution in [1.82, 2.24) is 10.6 Å². The highest BCUT2D eigenvalue weighted by Crippen LogP contribution is 1.91. The summed E-state index contributed by atoms with van der Waals surface area (Å²) in [6.45, 7) is 5.18. The fourth-order valence-electron chi connectivity index (χ4n) is 1.01. The van der Waals surface area contributed by atoms with E-state index in [9.17, 15) is 14.4 Å². The molecule has 0 aliphatic heterocycles. The van der Waals surface area contributed by atoms with Crippen LogP contribution < -0.4 is 10.6 Å². The number of hydrogen-bond acceptors (Lipinski definition) is 3. The Morgan fingerprint density at radius 2 is 1.62 bits per heavy atom. The van der Waals surface area contributed by atoms with E-state index in [-0.39, 0.29) is 24.8 Å². The van der Waals surface area contributed by atoms with Crippen molar-refractivity contribution in [3.63, 3.8) is 0 Å². The Labute approximate surface area is 94.4 Å². The highest BCUT2D eigenvalue weighted by Gasteiger charge is 2.16. The van der Waals surface area contributed by atoms with Gasteiger partial charge in [-0.3, -0.25) is 14.4 Å². The van der Waals surface area contributed by atoms with Crippen LogP contribution in [-0.4, -0.2) is 35.0 Å².